The number of benzene rings is 1. The Morgan fingerprint density at radius 3 is 2.48 bits per heavy atom. The number of rotatable bonds is 7. The lowest BCUT2D eigenvalue weighted by Gasteiger charge is -2.31. The van der Waals surface area contributed by atoms with Gasteiger partial charge in [0.2, 0.25) is 15.9 Å². The second kappa shape index (κ2) is 9.91. The van der Waals surface area contributed by atoms with Gasteiger partial charge < -0.3 is 15.0 Å². The molecule has 2 aliphatic heterocycles. The average Bonchev–Trinajstić information content (AvgIpc) is 2.75. The van der Waals surface area contributed by atoms with Gasteiger partial charge in [0.25, 0.3) is 0 Å². The third kappa shape index (κ3) is 5.29. The summed E-state index contributed by atoms with van der Waals surface area (Å²) in [7, 11) is -3.56. The largest absolute Gasteiger partial charge is 0.378 e. The van der Waals surface area contributed by atoms with Gasteiger partial charge in [-0.25, -0.2) is 8.42 Å². The number of nitrogens with zero attached hydrogens (tertiary/aromatic N) is 2. The molecule has 1 atom stereocenters. The molecule has 0 aliphatic carbocycles. The molecule has 0 spiro atoms. The third-order valence-electron chi connectivity index (χ3n) is 5.70. The Morgan fingerprint density at radius 1 is 1.14 bits per heavy atom. The molecule has 0 unspecified atom stereocenters. The highest BCUT2D eigenvalue weighted by Crippen LogP contribution is 2.32. The monoisotopic (exact) mass is 423 g/mol. The normalized spacial score (nSPS) is 19.7. The highest BCUT2D eigenvalue weighted by atomic mass is 32.2. The minimum atomic E-state index is -3.56. The summed E-state index contributed by atoms with van der Waals surface area (Å²) in [5.74, 6) is -0.200. The van der Waals surface area contributed by atoms with Crippen LogP contribution in [-0.4, -0.2) is 58.0 Å². The third-order valence-corrected chi connectivity index (χ3v) is 7.59. The van der Waals surface area contributed by atoms with E-state index in [1.54, 1.807) is 16.4 Å². The summed E-state index contributed by atoms with van der Waals surface area (Å²) in [6.07, 6.45) is 4.57. The molecule has 162 valence electrons. The first-order valence-electron chi connectivity index (χ1n) is 10.7. The highest BCUT2D eigenvalue weighted by Gasteiger charge is 2.28. The number of nitrogens with one attached hydrogen (secondary N) is 1. The molecule has 1 amide bonds. The van der Waals surface area contributed by atoms with Crippen LogP contribution < -0.4 is 10.2 Å². The topological polar surface area (TPSA) is 79.0 Å². The molecule has 29 heavy (non-hydrogen) atoms. The molecule has 2 aliphatic rings. The number of hydrogen-bond acceptors (Lipinski definition) is 5. The van der Waals surface area contributed by atoms with Crippen LogP contribution in [0.1, 0.15) is 46.0 Å². The Morgan fingerprint density at radius 2 is 1.83 bits per heavy atom. The predicted molar refractivity (Wildman–Crippen MR) is 115 cm³/mol. The zero-order valence-electron chi connectivity index (χ0n) is 17.5. The van der Waals surface area contributed by atoms with Crippen molar-refractivity contribution in [2.24, 2.45) is 5.92 Å². The number of anilines is 2. The van der Waals surface area contributed by atoms with Crippen LogP contribution >= 0.6 is 0 Å². The van der Waals surface area contributed by atoms with Crippen molar-refractivity contribution in [3.8, 4) is 0 Å². The average molecular weight is 424 g/mol. The summed E-state index contributed by atoms with van der Waals surface area (Å²) in [6, 6.07) is 5.12. The smallest absolute Gasteiger partial charge is 0.243 e. The Balaban J connectivity index is 1.92. The van der Waals surface area contributed by atoms with Crippen molar-refractivity contribution in [1.82, 2.24) is 4.31 Å². The molecule has 0 bridgehead atoms. The molecule has 0 saturated carbocycles. The fourth-order valence-corrected chi connectivity index (χ4v) is 5.47. The summed E-state index contributed by atoms with van der Waals surface area (Å²) < 4.78 is 33.3. The van der Waals surface area contributed by atoms with E-state index in [-0.39, 0.29) is 16.7 Å². The van der Waals surface area contributed by atoms with Gasteiger partial charge >= 0.3 is 0 Å². The number of morpholine rings is 1. The van der Waals surface area contributed by atoms with Gasteiger partial charge in [0, 0.05) is 32.1 Å². The van der Waals surface area contributed by atoms with Crippen LogP contribution in [0.4, 0.5) is 11.4 Å². The fourth-order valence-electron chi connectivity index (χ4n) is 3.93. The minimum Gasteiger partial charge on any atom is -0.378 e. The van der Waals surface area contributed by atoms with Crippen molar-refractivity contribution in [2.45, 2.75) is 50.8 Å². The van der Waals surface area contributed by atoms with Gasteiger partial charge in [0.1, 0.15) is 0 Å². The van der Waals surface area contributed by atoms with Gasteiger partial charge in [-0.15, -0.1) is 0 Å². The van der Waals surface area contributed by atoms with Crippen molar-refractivity contribution in [3.05, 3.63) is 18.2 Å². The van der Waals surface area contributed by atoms with E-state index in [2.05, 4.69) is 17.1 Å². The first-order valence-corrected chi connectivity index (χ1v) is 12.1. The number of carbonyl (C=O) groups is 1. The Labute approximate surface area is 174 Å². The Hall–Kier alpha value is -1.64. The van der Waals surface area contributed by atoms with E-state index in [0.29, 0.717) is 45.1 Å². The molecular weight excluding hydrogens is 390 g/mol. The summed E-state index contributed by atoms with van der Waals surface area (Å²) in [4.78, 5) is 15.1. The summed E-state index contributed by atoms with van der Waals surface area (Å²) >= 11 is 0. The standard InChI is InChI=1S/C21H33N3O4S/c1-3-7-17(2)21(25)22-19-16-18(29(26,27)24-10-5-4-6-11-24)8-9-20(19)23-12-14-28-15-13-23/h8-9,16-17H,3-7,10-15H2,1-2H3,(H,22,25)/t17-/m1/s1. The lowest BCUT2D eigenvalue weighted by molar-refractivity contribution is -0.119. The fraction of sp³-hybridized carbons (Fsp3) is 0.667. The lowest BCUT2D eigenvalue weighted by atomic mass is 10.1. The molecule has 1 aromatic carbocycles. The predicted octanol–water partition coefficient (Wildman–Crippen LogP) is 3.07. The molecule has 0 aromatic heterocycles. The first kappa shape index (κ1) is 22.1. The Bertz CT molecular complexity index is 800. The van der Waals surface area contributed by atoms with Crippen molar-refractivity contribution in [1.29, 1.82) is 0 Å². The minimum absolute atomic E-state index is 0.0751. The van der Waals surface area contributed by atoms with Crippen LogP contribution in [0.2, 0.25) is 0 Å². The number of carbonyl (C=O) groups excluding carboxylic acids is 1. The van der Waals surface area contributed by atoms with E-state index in [4.69, 9.17) is 4.74 Å². The van der Waals surface area contributed by atoms with Crippen molar-refractivity contribution in [2.75, 3.05) is 49.6 Å². The Kier molecular flexibility index (Phi) is 7.54. The maximum absolute atomic E-state index is 13.1. The summed E-state index contributed by atoms with van der Waals surface area (Å²) in [5, 5.41) is 3.00. The number of piperidine rings is 1. The molecule has 2 fully saturated rings. The number of amides is 1. The molecule has 1 N–H and O–H groups in total. The van der Waals surface area contributed by atoms with Crippen LogP contribution in [-0.2, 0) is 19.6 Å². The van der Waals surface area contributed by atoms with Crippen molar-refractivity contribution in [3.63, 3.8) is 0 Å². The molecule has 2 heterocycles. The zero-order valence-corrected chi connectivity index (χ0v) is 18.3. The lowest BCUT2D eigenvalue weighted by Crippen LogP contribution is -2.37. The van der Waals surface area contributed by atoms with Crippen molar-refractivity contribution < 1.29 is 17.9 Å². The maximum atomic E-state index is 13.1. The van der Waals surface area contributed by atoms with Gasteiger partial charge in [0.05, 0.1) is 29.5 Å². The highest BCUT2D eigenvalue weighted by molar-refractivity contribution is 7.89. The molecule has 0 radical (unpaired) electrons. The number of ether oxygens (including phenoxy) is 1. The SMILES string of the molecule is CCC[C@@H](C)C(=O)Nc1cc(S(=O)(=O)N2CCCCC2)ccc1N1CCOCC1. The van der Waals surface area contributed by atoms with E-state index < -0.39 is 10.0 Å². The van der Waals surface area contributed by atoms with E-state index in [9.17, 15) is 13.2 Å². The molecule has 2 saturated heterocycles. The zero-order chi connectivity index (χ0) is 20.9. The molecule has 3 rings (SSSR count). The molecule has 1 aromatic rings. The van der Waals surface area contributed by atoms with Gasteiger partial charge in [0.15, 0.2) is 0 Å². The molecule has 8 heteroatoms. The van der Waals surface area contributed by atoms with E-state index in [1.807, 2.05) is 13.0 Å². The number of sulfonamides is 1. The molecular formula is C21H33N3O4S. The second-order valence-corrected chi connectivity index (χ2v) is 9.86. The van der Waals surface area contributed by atoms with E-state index >= 15 is 0 Å². The van der Waals surface area contributed by atoms with Crippen molar-refractivity contribution >= 4 is 27.3 Å². The summed E-state index contributed by atoms with van der Waals surface area (Å²) in [6.45, 7) is 7.74. The van der Waals surface area contributed by atoms with Crippen LogP contribution in [0.25, 0.3) is 0 Å². The van der Waals surface area contributed by atoms with Gasteiger partial charge in [-0.2, -0.15) is 4.31 Å². The quantitative estimate of drug-likeness (QED) is 0.729. The van der Waals surface area contributed by atoms with Crippen LogP contribution in [0, 0.1) is 5.92 Å². The van der Waals surface area contributed by atoms with Gasteiger partial charge in [-0.05, 0) is 37.5 Å². The van der Waals surface area contributed by atoms with Crippen LogP contribution in [0.15, 0.2) is 23.1 Å². The van der Waals surface area contributed by atoms with E-state index in [1.165, 1.54) is 0 Å². The first-order chi connectivity index (χ1) is 13.9. The maximum Gasteiger partial charge on any atom is 0.243 e. The van der Waals surface area contributed by atoms with Crippen LogP contribution in [0.3, 0.4) is 0 Å². The van der Waals surface area contributed by atoms with E-state index in [0.717, 1.165) is 37.8 Å². The van der Waals surface area contributed by atoms with Crippen LogP contribution in [0.5, 0.6) is 0 Å². The molecule has 7 nitrogen and oxygen atoms in total. The van der Waals surface area contributed by atoms with Gasteiger partial charge in [-0.3, -0.25) is 4.79 Å². The second-order valence-electron chi connectivity index (χ2n) is 7.92. The summed E-state index contributed by atoms with van der Waals surface area (Å²) in [5.41, 5.74) is 1.42. The number of hydrogen-bond donors (Lipinski definition) is 1. The van der Waals surface area contributed by atoms with Gasteiger partial charge in [-0.1, -0.05) is 26.7 Å².